The molecule has 0 spiro atoms. The molecule has 1 unspecified atom stereocenters. The van der Waals surface area contributed by atoms with Gasteiger partial charge in [-0.25, -0.2) is 4.98 Å². The lowest BCUT2D eigenvalue weighted by atomic mass is 10.2. The van der Waals surface area contributed by atoms with Crippen LogP contribution in [0.5, 0.6) is 0 Å². The summed E-state index contributed by atoms with van der Waals surface area (Å²) in [6.45, 7) is 0.592. The fraction of sp³-hybridized carbons (Fsp3) is 0.417. The van der Waals surface area contributed by atoms with Gasteiger partial charge in [0.25, 0.3) is 0 Å². The Balaban J connectivity index is 2.06. The lowest BCUT2D eigenvalue weighted by Gasteiger charge is -2.07. The van der Waals surface area contributed by atoms with E-state index in [-0.39, 0.29) is 0 Å². The van der Waals surface area contributed by atoms with Gasteiger partial charge in [-0.3, -0.25) is 0 Å². The largest absolute Gasteiger partial charge is 0.326 e. The molecular weight excluding hydrogens is 218 g/mol. The molecule has 1 aliphatic rings. The van der Waals surface area contributed by atoms with Gasteiger partial charge in [0.1, 0.15) is 5.82 Å². The van der Waals surface area contributed by atoms with Crippen LogP contribution in [0.3, 0.4) is 0 Å². The van der Waals surface area contributed by atoms with Crippen molar-refractivity contribution in [1.82, 2.24) is 9.38 Å². The van der Waals surface area contributed by atoms with Gasteiger partial charge >= 0.3 is 0 Å². The minimum Gasteiger partial charge on any atom is -0.326 e. The standard InChI is InChI=1S/C12H15N3S/c13-7-9-3-4-15-10(6-9)8-14-12(15)11-2-1-5-16-11/h3-4,6,8,11H,1-2,5,7,13H2. The quantitative estimate of drug-likeness (QED) is 0.866. The number of hydrogen-bond donors (Lipinski definition) is 1. The number of pyridine rings is 1. The molecule has 3 nitrogen and oxygen atoms in total. The first-order valence-corrected chi connectivity index (χ1v) is 6.71. The summed E-state index contributed by atoms with van der Waals surface area (Å²) in [6.07, 6.45) is 6.61. The Morgan fingerprint density at radius 2 is 2.50 bits per heavy atom. The predicted molar refractivity (Wildman–Crippen MR) is 67.5 cm³/mol. The molecule has 1 saturated heterocycles. The van der Waals surface area contributed by atoms with Gasteiger partial charge in [-0.15, -0.1) is 0 Å². The summed E-state index contributed by atoms with van der Waals surface area (Å²) in [5, 5.41) is 0.575. The average molecular weight is 233 g/mol. The van der Waals surface area contributed by atoms with Crippen LogP contribution in [0.25, 0.3) is 5.52 Å². The second-order valence-corrected chi connectivity index (χ2v) is 5.46. The van der Waals surface area contributed by atoms with Crippen LogP contribution in [-0.4, -0.2) is 15.1 Å². The van der Waals surface area contributed by atoms with Crippen molar-refractivity contribution in [2.45, 2.75) is 24.6 Å². The molecule has 0 aromatic carbocycles. The van der Waals surface area contributed by atoms with Crippen LogP contribution in [0.15, 0.2) is 24.5 Å². The second-order valence-electron chi connectivity index (χ2n) is 4.15. The van der Waals surface area contributed by atoms with Gasteiger partial charge in [-0.2, -0.15) is 11.8 Å². The molecule has 3 rings (SSSR count). The van der Waals surface area contributed by atoms with Crippen molar-refractivity contribution < 1.29 is 0 Å². The van der Waals surface area contributed by atoms with Crippen molar-refractivity contribution in [2.24, 2.45) is 5.73 Å². The van der Waals surface area contributed by atoms with Gasteiger partial charge in [-0.05, 0) is 36.3 Å². The highest BCUT2D eigenvalue weighted by Gasteiger charge is 2.21. The van der Waals surface area contributed by atoms with Gasteiger partial charge in [0, 0.05) is 12.7 Å². The van der Waals surface area contributed by atoms with Gasteiger partial charge < -0.3 is 10.1 Å². The number of thioether (sulfide) groups is 1. The number of imidazole rings is 1. The van der Waals surface area contributed by atoms with Crippen LogP contribution in [0, 0.1) is 0 Å². The van der Waals surface area contributed by atoms with E-state index in [1.165, 1.54) is 24.4 Å². The molecule has 1 fully saturated rings. The Morgan fingerprint density at radius 1 is 1.56 bits per heavy atom. The van der Waals surface area contributed by atoms with E-state index < -0.39 is 0 Å². The second kappa shape index (κ2) is 4.11. The van der Waals surface area contributed by atoms with E-state index in [1.807, 2.05) is 18.0 Å². The summed E-state index contributed by atoms with van der Waals surface area (Å²) in [7, 11) is 0. The summed E-state index contributed by atoms with van der Waals surface area (Å²) < 4.78 is 2.20. The topological polar surface area (TPSA) is 43.3 Å². The third-order valence-corrected chi connectivity index (χ3v) is 4.45. The Hall–Kier alpha value is -1.00. The molecule has 2 aromatic rings. The van der Waals surface area contributed by atoms with Crippen LogP contribution in [0.2, 0.25) is 0 Å². The zero-order chi connectivity index (χ0) is 11.0. The molecule has 1 aliphatic heterocycles. The number of aromatic nitrogens is 2. The minimum absolute atomic E-state index is 0.575. The first-order valence-electron chi connectivity index (χ1n) is 5.66. The smallest absolute Gasteiger partial charge is 0.126 e. The maximum atomic E-state index is 5.64. The number of hydrogen-bond acceptors (Lipinski definition) is 3. The molecule has 0 amide bonds. The molecule has 2 aromatic heterocycles. The molecular formula is C12H15N3S. The third-order valence-electron chi connectivity index (χ3n) is 3.08. The van der Waals surface area contributed by atoms with Gasteiger partial charge in [0.2, 0.25) is 0 Å². The first-order chi connectivity index (χ1) is 7.88. The molecule has 16 heavy (non-hydrogen) atoms. The van der Waals surface area contributed by atoms with Gasteiger partial charge in [0.15, 0.2) is 0 Å². The van der Waals surface area contributed by atoms with Gasteiger partial charge in [0.05, 0.1) is 17.0 Å². The van der Waals surface area contributed by atoms with Crippen LogP contribution < -0.4 is 5.73 Å². The molecule has 4 heteroatoms. The van der Waals surface area contributed by atoms with Crippen LogP contribution >= 0.6 is 11.8 Å². The summed E-state index contributed by atoms with van der Waals surface area (Å²) in [5.74, 6) is 2.46. The molecule has 0 bridgehead atoms. The summed E-state index contributed by atoms with van der Waals surface area (Å²) in [5.41, 5.74) is 7.96. The highest BCUT2D eigenvalue weighted by atomic mass is 32.2. The Kier molecular flexibility index (Phi) is 2.61. The monoisotopic (exact) mass is 233 g/mol. The molecule has 0 radical (unpaired) electrons. The van der Waals surface area contributed by atoms with Crippen molar-refractivity contribution in [2.75, 3.05) is 5.75 Å². The fourth-order valence-corrected chi connectivity index (χ4v) is 3.49. The van der Waals surface area contributed by atoms with E-state index in [0.717, 1.165) is 11.1 Å². The Bertz CT molecular complexity index is 500. The van der Waals surface area contributed by atoms with E-state index in [9.17, 15) is 0 Å². The Labute approximate surface area is 99.1 Å². The van der Waals surface area contributed by atoms with E-state index >= 15 is 0 Å². The average Bonchev–Trinajstić information content (AvgIpc) is 2.96. The SMILES string of the molecule is NCc1ccn2c(C3CCCS3)ncc2c1. The zero-order valence-corrected chi connectivity index (χ0v) is 9.91. The summed E-state index contributed by atoms with van der Waals surface area (Å²) >= 11 is 2.02. The van der Waals surface area contributed by atoms with Gasteiger partial charge in [-0.1, -0.05) is 0 Å². The van der Waals surface area contributed by atoms with E-state index in [4.69, 9.17) is 5.73 Å². The zero-order valence-electron chi connectivity index (χ0n) is 9.10. The van der Waals surface area contributed by atoms with Crippen molar-refractivity contribution >= 4 is 17.3 Å². The Morgan fingerprint density at radius 3 is 3.25 bits per heavy atom. The summed E-state index contributed by atoms with van der Waals surface area (Å²) in [4.78, 5) is 4.55. The molecule has 0 saturated carbocycles. The highest BCUT2D eigenvalue weighted by Crippen LogP contribution is 2.39. The lowest BCUT2D eigenvalue weighted by Crippen LogP contribution is -2.00. The van der Waals surface area contributed by atoms with Crippen molar-refractivity contribution in [3.05, 3.63) is 35.9 Å². The van der Waals surface area contributed by atoms with E-state index in [1.54, 1.807) is 0 Å². The maximum absolute atomic E-state index is 5.64. The van der Waals surface area contributed by atoms with Crippen molar-refractivity contribution in [3.63, 3.8) is 0 Å². The fourth-order valence-electron chi connectivity index (χ4n) is 2.21. The molecule has 84 valence electrons. The third kappa shape index (κ3) is 1.62. The predicted octanol–water partition coefficient (Wildman–Crippen LogP) is 2.36. The first kappa shape index (κ1) is 10.2. The molecule has 1 atom stereocenters. The molecule has 2 N–H and O–H groups in total. The summed E-state index contributed by atoms with van der Waals surface area (Å²) in [6, 6.07) is 4.20. The van der Waals surface area contributed by atoms with E-state index in [2.05, 4.69) is 27.7 Å². The van der Waals surface area contributed by atoms with Crippen molar-refractivity contribution in [3.8, 4) is 0 Å². The molecule has 3 heterocycles. The van der Waals surface area contributed by atoms with Crippen LogP contribution in [0.4, 0.5) is 0 Å². The van der Waals surface area contributed by atoms with Crippen LogP contribution in [-0.2, 0) is 6.54 Å². The normalized spacial score (nSPS) is 20.7. The molecule has 0 aliphatic carbocycles. The number of nitrogens with two attached hydrogens (primary N) is 1. The van der Waals surface area contributed by atoms with Crippen molar-refractivity contribution in [1.29, 1.82) is 0 Å². The van der Waals surface area contributed by atoms with E-state index in [0.29, 0.717) is 11.8 Å². The number of rotatable bonds is 2. The van der Waals surface area contributed by atoms with Crippen LogP contribution in [0.1, 0.15) is 29.5 Å². The minimum atomic E-state index is 0.575. The lowest BCUT2D eigenvalue weighted by molar-refractivity contribution is 0.774. The number of nitrogens with zero attached hydrogens (tertiary/aromatic N) is 2. The maximum Gasteiger partial charge on any atom is 0.126 e. The number of fused-ring (bicyclic) bond motifs is 1. The highest BCUT2D eigenvalue weighted by molar-refractivity contribution is 7.99.